The molecule has 2 fully saturated rings. The van der Waals surface area contributed by atoms with Gasteiger partial charge in [0.2, 0.25) is 0 Å². The van der Waals surface area contributed by atoms with E-state index in [1.165, 1.54) is 32.1 Å². The molecule has 0 saturated heterocycles. The molecule has 2 aliphatic carbocycles. The van der Waals surface area contributed by atoms with Gasteiger partial charge in [-0.15, -0.1) is 0 Å². The molecule has 1 N–H and O–H groups in total. The Labute approximate surface area is 87.3 Å². The quantitative estimate of drug-likeness (QED) is 0.695. The Morgan fingerprint density at radius 1 is 1.14 bits per heavy atom. The van der Waals surface area contributed by atoms with Crippen molar-refractivity contribution in [3.05, 3.63) is 0 Å². The van der Waals surface area contributed by atoms with Gasteiger partial charge in [0.05, 0.1) is 6.10 Å². The second-order valence-corrected chi connectivity index (χ2v) is 5.48. The highest BCUT2D eigenvalue weighted by Crippen LogP contribution is 2.50. The van der Waals surface area contributed by atoms with Crippen LogP contribution in [0.1, 0.15) is 44.9 Å². The van der Waals surface area contributed by atoms with Crippen LogP contribution in [0.5, 0.6) is 0 Å². The second-order valence-electron chi connectivity index (χ2n) is 5.48. The van der Waals surface area contributed by atoms with E-state index < -0.39 is 0 Å². The van der Waals surface area contributed by atoms with Crippen LogP contribution in [-0.2, 0) is 0 Å². The first-order chi connectivity index (χ1) is 6.64. The molecule has 1 spiro atoms. The average molecular weight is 197 g/mol. The molecule has 2 unspecified atom stereocenters. The first-order valence-electron chi connectivity index (χ1n) is 5.98. The van der Waals surface area contributed by atoms with E-state index in [2.05, 4.69) is 19.0 Å². The van der Waals surface area contributed by atoms with Crippen molar-refractivity contribution in [1.29, 1.82) is 0 Å². The van der Waals surface area contributed by atoms with Crippen LogP contribution in [0.4, 0.5) is 0 Å². The molecule has 14 heavy (non-hydrogen) atoms. The van der Waals surface area contributed by atoms with E-state index in [0.717, 1.165) is 12.8 Å². The van der Waals surface area contributed by atoms with Gasteiger partial charge in [0.25, 0.3) is 0 Å². The lowest BCUT2D eigenvalue weighted by Crippen LogP contribution is -2.48. The fraction of sp³-hybridized carbons (Fsp3) is 1.00. The van der Waals surface area contributed by atoms with Gasteiger partial charge in [-0.05, 0) is 51.6 Å². The summed E-state index contributed by atoms with van der Waals surface area (Å²) in [4.78, 5) is 2.34. The molecule has 0 aliphatic heterocycles. The Balaban J connectivity index is 2.13. The van der Waals surface area contributed by atoms with E-state index in [-0.39, 0.29) is 6.10 Å². The van der Waals surface area contributed by atoms with Crippen LogP contribution in [0.15, 0.2) is 0 Å². The van der Waals surface area contributed by atoms with E-state index in [0.29, 0.717) is 11.5 Å². The molecule has 82 valence electrons. The summed E-state index contributed by atoms with van der Waals surface area (Å²) in [6.45, 7) is 0. The van der Waals surface area contributed by atoms with E-state index in [9.17, 15) is 5.11 Å². The van der Waals surface area contributed by atoms with Gasteiger partial charge in [-0.25, -0.2) is 0 Å². The predicted molar refractivity (Wildman–Crippen MR) is 58.2 cm³/mol. The molecule has 2 atom stereocenters. The lowest BCUT2D eigenvalue weighted by atomic mass is 9.68. The summed E-state index contributed by atoms with van der Waals surface area (Å²) in [5, 5.41) is 9.75. The summed E-state index contributed by atoms with van der Waals surface area (Å²) in [7, 11) is 4.34. The number of nitrogens with zero attached hydrogens (tertiary/aromatic N) is 1. The third-order valence-corrected chi connectivity index (χ3v) is 4.40. The maximum absolute atomic E-state index is 9.75. The fourth-order valence-corrected chi connectivity index (χ4v) is 3.67. The highest BCUT2D eigenvalue weighted by atomic mass is 16.3. The maximum Gasteiger partial charge on any atom is 0.0555 e. The van der Waals surface area contributed by atoms with Crippen molar-refractivity contribution in [1.82, 2.24) is 4.90 Å². The van der Waals surface area contributed by atoms with Crippen molar-refractivity contribution < 1.29 is 5.11 Å². The van der Waals surface area contributed by atoms with Gasteiger partial charge in [0.1, 0.15) is 0 Å². The summed E-state index contributed by atoms with van der Waals surface area (Å²) in [5.41, 5.74) is 0.558. The molecular formula is C12H23NO. The molecule has 2 heteroatoms. The predicted octanol–water partition coefficient (Wildman–Crippen LogP) is 2.02. The minimum Gasteiger partial charge on any atom is -0.393 e. The summed E-state index contributed by atoms with van der Waals surface area (Å²) in [5.74, 6) is 0. The zero-order chi connectivity index (χ0) is 10.2. The minimum atomic E-state index is -0.0476. The molecule has 0 heterocycles. The van der Waals surface area contributed by atoms with Crippen molar-refractivity contribution in [2.45, 2.75) is 57.1 Å². The summed E-state index contributed by atoms with van der Waals surface area (Å²) in [6, 6.07) is 0.619. The summed E-state index contributed by atoms with van der Waals surface area (Å²) < 4.78 is 0. The van der Waals surface area contributed by atoms with Crippen LogP contribution in [0, 0.1) is 5.41 Å². The van der Waals surface area contributed by atoms with Gasteiger partial charge in [-0.3, -0.25) is 0 Å². The molecule has 2 aliphatic rings. The van der Waals surface area contributed by atoms with Crippen molar-refractivity contribution >= 4 is 0 Å². The Morgan fingerprint density at radius 3 is 2.36 bits per heavy atom. The standard InChI is InChI=1S/C12H23NO/c1-13(2)11-9-10(14)5-8-12(11)6-3-4-7-12/h10-11,14H,3-9H2,1-2H3. The molecule has 2 nitrogen and oxygen atoms in total. The summed E-state index contributed by atoms with van der Waals surface area (Å²) >= 11 is 0. The first kappa shape index (κ1) is 10.4. The van der Waals surface area contributed by atoms with Gasteiger partial charge >= 0.3 is 0 Å². The van der Waals surface area contributed by atoms with E-state index in [4.69, 9.17) is 0 Å². The third kappa shape index (κ3) is 1.70. The highest BCUT2D eigenvalue weighted by molar-refractivity contribution is 4.99. The molecule has 0 amide bonds. The number of aliphatic hydroxyl groups excluding tert-OH is 1. The number of hydrogen-bond donors (Lipinski definition) is 1. The van der Waals surface area contributed by atoms with E-state index in [1.807, 2.05) is 0 Å². The highest BCUT2D eigenvalue weighted by Gasteiger charge is 2.45. The normalized spacial score (nSPS) is 36.9. The SMILES string of the molecule is CN(C)C1CC(O)CCC12CCCC2. The molecule has 2 rings (SSSR count). The van der Waals surface area contributed by atoms with E-state index in [1.54, 1.807) is 0 Å². The Morgan fingerprint density at radius 2 is 1.79 bits per heavy atom. The second kappa shape index (κ2) is 3.82. The Kier molecular flexibility index (Phi) is 2.85. The molecule has 0 aromatic carbocycles. The van der Waals surface area contributed by atoms with Crippen molar-refractivity contribution in [2.24, 2.45) is 5.41 Å². The average Bonchev–Trinajstić information content (AvgIpc) is 2.59. The molecule has 0 aromatic rings. The molecular weight excluding hydrogens is 174 g/mol. The number of aliphatic hydroxyl groups is 1. The van der Waals surface area contributed by atoms with Crippen LogP contribution < -0.4 is 0 Å². The van der Waals surface area contributed by atoms with E-state index >= 15 is 0 Å². The lowest BCUT2D eigenvalue weighted by Gasteiger charge is -2.46. The number of hydrogen-bond acceptors (Lipinski definition) is 2. The zero-order valence-corrected chi connectivity index (χ0v) is 9.50. The van der Waals surface area contributed by atoms with Crippen LogP contribution in [0.25, 0.3) is 0 Å². The Hall–Kier alpha value is -0.0800. The van der Waals surface area contributed by atoms with Gasteiger partial charge < -0.3 is 10.0 Å². The largest absolute Gasteiger partial charge is 0.393 e. The minimum absolute atomic E-state index is 0.0476. The monoisotopic (exact) mass is 197 g/mol. The summed E-state index contributed by atoms with van der Waals surface area (Å²) in [6.07, 6.45) is 8.81. The van der Waals surface area contributed by atoms with Crippen molar-refractivity contribution in [3.63, 3.8) is 0 Å². The van der Waals surface area contributed by atoms with Gasteiger partial charge in [0, 0.05) is 6.04 Å². The first-order valence-corrected chi connectivity index (χ1v) is 5.98. The molecule has 0 radical (unpaired) electrons. The molecule has 0 bridgehead atoms. The third-order valence-electron chi connectivity index (χ3n) is 4.40. The van der Waals surface area contributed by atoms with Gasteiger partial charge in [-0.2, -0.15) is 0 Å². The van der Waals surface area contributed by atoms with Crippen molar-refractivity contribution in [2.75, 3.05) is 14.1 Å². The topological polar surface area (TPSA) is 23.5 Å². The van der Waals surface area contributed by atoms with Crippen LogP contribution in [-0.4, -0.2) is 36.2 Å². The molecule has 2 saturated carbocycles. The lowest BCUT2D eigenvalue weighted by molar-refractivity contribution is -0.00779. The Bertz CT molecular complexity index is 196. The maximum atomic E-state index is 9.75. The van der Waals surface area contributed by atoms with Gasteiger partial charge in [-0.1, -0.05) is 12.8 Å². The zero-order valence-electron chi connectivity index (χ0n) is 9.50. The smallest absolute Gasteiger partial charge is 0.0555 e. The van der Waals surface area contributed by atoms with Crippen LogP contribution >= 0.6 is 0 Å². The van der Waals surface area contributed by atoms with Crippen molar-refractivity contribution in [3.8, 4) is 0 Å². The fourth-order valence-electron chi connectivity index (χ4n) is 3.67. The van der Waals surface area contributed by atoms with Gasteiger partial charge in [0.15, 0.2) is 0 Å². The number of rotatable bonds is 1. The van der Waals surface area contributed by atoms with Crippen LogP contribution in [0.2, 0.25) is 0 Å². The molecule has 0 aromatic heterocycles. The van der Waals surface area contributed by atoms with Crippen LogP contribution in [0.3, 0.4) is 0 Å².